The number of carbonyl (C=O) groups is 1. The average molecular weight is 247 g/mol. The Morgan fingerprint density at radius 3 is 2.50 bits per heavy atom. The smallest absolute Gasteiger partial charge is 0.269 e. The zero-order valence-corrected chi connectivity index (χ0v) is 9.70. The molecule has 0 unspecified atom stereocenters. The number of rotatable bonds is 3. The Morgan fingerprint density at radius 1 is 1.28 bits per heavy atom. The zero-order chi connectivity index (χ0) is 13.1. The van der Waals surface area contributed by atoms with Gasteiger partial charge in [0, 0.05) is 24.1 Å². The van der Waals surface area contributed by atoms with Crippen LogP contribution < -0.4 is 0 Å². The monoisotopic (exact) mass is 247 g/mol. The number of aliphatic hydroxyl groups excluding tert-OH is 1. The first-order valence-corrected chi connectivity index (χ1v) is 5.75. The summed E-state index contributed by atoms with van der Waals surface area (Å²) in [5.74, 6) is -0.0490. The van der Waals surface area contributed by atoms with Gasteiger partial charge in [0.1, 0.15) is 6.10 Å². The average Bonchev–Trinajstić information content (AvgIpc) is 2.38. The van der Waals surface area contributed by atoms with E-state index in [-0.39, 0.29) is 11.5 Å². The molecule has 1 atom stereocenters. The Kier molecular flexibility index (Phi) is 3.53. The highest BCUT2D eigenvalue weighted by molar-refractivity contribution is 5.97. The highest BCUT2D eigenvalue weighted by Gasteiger charge is 2.22. The van der Waals surface area contributed by atoms with E-state index in [9.17, 15) is 20.0 Å². The van der Waals surface area contributed by atoms with Crippen molar-refractivity contribution in [1.82, 2.24) is 0 Å². The van der Waals surface area contributed by atoms with Crippen molar-refractivity contribution < 1.29 is 14.8 Å². The van der Waals surface area contributed by atoms with Gasteiger partial charge in [-0.1, -0.05) is 6.08 Å². The Bertz CT molecular complexity index is 504. The third-order valence-corrected chi connectivity index (χ3v) is 3.01. The summed E-state index contributed by atoms with van der Waals surface area (Å²) in [5.41, 5.74) is 0.868. The maximum Gasteiger partial charge on any atom is 0.269 e. The van der Waals surface area contributed by atoms with Crippen molar-refractivity contribution >= 4 is 11.5 Å². The van der Waals surface area contributed by atoms with Gasteiger partial charge in [0.15, 0.2) is 5.78 Å². The third kappa shape index (κ3) is 2.46. The van der Waals surface area contributed by atoms with Crippen LogP contribution in [0.5, 0.6) is 0 Å². The van der Waals surface area contributed by atoms with Crippen molar-refractivity contribution in [2.24, 2.45) is 0 Å². The van der Waals surface area contributed by atoms with E-state index in [4.69, 9.17) is 0 Å². The van der Waals surface area contributed by atoms with Crippen molar-refractivity contribution in [3.8, 4) is 0 Å². The number of benzene rings is 1. The summed E-state index contributed by atoms with van der Waals surface area (Å²) < 4.78 is 0. The first-order chi connectivity index (χ1) is 8.59. The van der Waals surface area contributed by atoms with Crippen LogP contribution in [-0.4, -0.2) is 15.8 Å². The largest absolute Gasteiger partial charge is 0.384 e. The van der Waals surface area contributed by atoms with Gasteiger partial charge in [-0.2, -0.15) is 0 Å². The van der Waals surface area contributed by atoms with Gasteiger partial charge in [-0.15, -0.1) is 0 Å². The quantitative estimate of drug-likeness (QED) is 0.656. The minimum Gasteiger partial charge on any atom is -0.384 e. The molecular weight excluding hydrogens is 234 g/mol. The molecule has 5 heteroatoms. The van der Waals surface area contributed by atoms with Crippen LogP contribution in [0, 0.1) is 10.1 Å². The summed E-state index contributed by atoms with van der Waals surface area (Å²) in [6.07, 6.45) is 2.81. The Morgan fingerprint density at radius 2 is 1.94 bits per heavy atom. The maximum atomic E-state index is 11.6. The number of Topliss-reactive ketones (excluding diaryl/α,β-unsaturated/α-hetero) is 1. The highest BCUT2D eigenvalue weighted by atomic mass is 16.6. The van der Waals surface area contributed by atoms with Crippen molar-refractivity contribution in [2.45, 2.75) is 25.4 Å². The van der Waals surface area contributed by atoms with E-state index >= 15 is 0 Å². The molecule has 0 saturated carbocycles. The summed E-state index contributed by atoms with van der Waals surface area (Å²) in [5, 5.41) is 20.6. The number of allylic oxidation sites excluding steroid dienone is 1. The molecule has 18 heavy (non-hydrogen) atoms. The van der Waals surface area contributed by atoms with E-state index in [0.717, 1.165) is 12.8 Å². The molecular formula is C13H13NO4. The van der Waals surface area contributed by atoms with Crippen molar-refractivity contribution in [3.63, 3.8) is 0 Å². The topological polar surface area (TPSA) is 80.4 Å². The van der Waals surface area contributed by atoms with Crippen LogP contribution in [0.1, 0.15) is 30.9 Å². The molecule has 2 rings (SSSR count). The molecule has 94 valence electrons. The second kappa shape index (κ2) is 5.10. The molecule has 0 radical (unpaired) electrons. The fourth-order valence-corrected chi connectivity index (χ4v) is 2.00. The van der Waals surface area contributed by atoms with Gasteiger partial charge < -0.3 is 5.11 Å². The third-order valence-electron chi connectivity index (χ3n) is 3.01. The minimum absolute atomic E-state index is 0.0325. The van der Waals surface area contributed by atoms with Crippen LogP contribution in [0.25, 0.3) is 0 Å². The van der Waals surface area contributed by atoms with Gasteiger partial charge in [-0.3, -0.25) is 14.9 Å². The summed E-state index contributed by atoms with van der Waals surface area (Å²) in [6, 6.07) is 5.61. The molecule has 1 N–H and O–H groups in total. The number of hydrogen-bond acceptors (Lipinski definition) is 4. The normalized spacial score (nSPS) is 17.2. The predicted octanol–water partition coefficient (Wildman–Crippen LogP) is 2.31. The standard InChI is InChI=1S/C13H13NO4/c15-12-4-2-1-3-11(12)13(16)9-5-7-10(8-6-9)14(17)18/h3,5-8,13,16H,1-2,4H2/t13-/m0/s1. The molecule has 1 aromatic rings. The molecule has 0 heterocycles. The van der Waals surface area contributed by atoms with Gasteiger partial charge in [-0.05, 0) is 30.5 Å². The van der Waals surface area contributed by atoms with E-state index in [1.807, 2.05) is 0 Å². The first kappa shape index (κ1) is 12.4. The molecule has 0 aliphatic heterocycles. The zero-order valence-electron chi connectivity index (χ0n) is 9.70. The molecule has 0 saturated heterocycles. The molecule has 0 aromatic heterocycles. The molecule has 0 amide bonds. The molecule has 0 spiro atoms. The van der Waals surface area contributed by atoms with Crippen LogP contribution >= 0.6 is 0 Å². The molecule has 5 nitrogen and oxygen atoms in total. The van der Waals surface area contributed by atoms with Crippen LogP contribution in [0.3, 0.4) is 0 Å². The highest BCUT2D eigenvalue weighted by Crippen LogP contribution is 2.28. The van der Waals surface area contributed by atoms with Crippen LogP contribution in [-0.2, 0) is 4.79 Å². The van der Waals surface area contributed by atoms with E-state index in [1.54, 1.807) is 6.08 Å². The Balaban J connectivity index is 2.23. The number of hydrogen-bond donors (Lipinski definition) is 1. The summed E-state index contributed by atoms with van der Waals surface area (Å²) in [7, 11) is 0. The summed E-state index contributed by atoms with van der Waals surface area (Å²) in [4.78, 5) is 21.7. The summed E-state index contributed by atoms with van der Waals surface area (Å²) in [6.45, 7) is 0. The number of nitro benzene ring substituents is 1. The number of nitro groups is 1. The lowest BCUT2D eigenvalue weighted by Crippen LogP contribution is -2.14. The number of non-ortho nitro benzene ring substituents is 1. The molecule has 1 aromatic carbocycles. The first-order valence-electron chi connectivity index (χ1n) is 5.75. The van der Waals surface area contributed by atoms with Crippen molar-refractivity contribution in [2.75, 3.05) is 0 Å². The molecule has 1 aliphatic rings. The predicted molar refractivity (Wildman–Crippen MR) is 65.0 cm³/mol. The summed E-state index contributed by atoms with van der Waals surface area (Å²) >= 11 is 0. The second-order valence-electron chi connectivity index (χ2n) is 4.23. The van der Waals surface area contributed by atoms with Gasteiger partial charge in [0.25, 0.3) is 5.69 Å². The lowest BCUT2D eigenvalue weighted by atomic mass is 9.90. The maximum absolute atomic E-state index is 11.6. The SMILES string of the molecule is O=C1CCCC=C1[C@@H](O)c1ccc([N+](=O)[O-])cc1. The van der Waals surface area contributed by atoms with Crippen LogP contribution in [0.4, 0.5) is 5.69 Å². The van der Waals surface area contributed by atoms with Gasteiger partial charge in [0.05, 0.1) is 4.92 Å². The number of aliphatic hydroxyl groups is 1. The van der Waals surface area contributed by atoms with E-state index in [0.29, 0.717) is 17.6 Å². The second-order valence-corrected chi connectivity index (χ2v) is 4.23. The fraction of sp³-hybridized carbons (Fsp3) is 0.308. The molecule has 1 aliphatic carbocycles. The van der Waals surface area contributed by atoms with Gasteiger partial charge in [0.2, 0.25) is 0 Å². The molecule has 0 fully saturated rings. The minimum atomic E-state index is -0.987. The van der Waals surface area contributed by atoms with Crippen LogP contribution in [0.2, 0.25) is 0 Å². The van der Waals surface area contributed by atoms with Crippen molar-refractivity contribution in [3.05, 3.63) is 51.6 Å². The Hall–Kier alpha value is -2.01. The number of ketones is 1. The van der Waals surface area contributed by atoms with Crippen molar-refractivity contribution in [1.29, 1.82) is 0 Å². The van der Waals surface area contributed by atoms with E-state index in [2.05, 4.69) is 0 Å². The van der Waals surface area contributed by atoms with Gasteiger partial charge >= 0.3 is 0 Å². The fourth-order valence-electron chi connectivity index (χ4n) is 2.00. The van der Waals surface area contributed by atoms with Crippen LogP contribution in [0.15, 0.2) is 35.9 Å². The lowest BCUT2D eigenvalue weighted by Gasteiger charge is -2.17. The van der Waals surface area contributed by atoms with E-state index < -0.39 is 11.0 Å². The Labute approximate surface area is 104 Å². The van der Waals surface area contributed by atoms with E-state index in [1.165, 1.54) is 24.3 Å². The molecule has 0 bridgehead atoms. The number of carbonyl (C=O) groups excluding carboxylic acids is 1. The lowest BCUT2D eigenvalue weighted by molar-refractivity contribution is -0.384. The van der Waals surface area contributed by atoms with Gasteiger partial charge in [-0.25, -0.2) is 0 Å². The number of nitrogens with zero attached hydrogens (tertiary/aromatic N) is 1.